The molecule has 1 heterocycles. The third-order valence-electron chi connectivity index (χ3n) is 4.90. The number of aliphatic hydroxyl groups excluding tert-OH is 3. The van der Waals surface area contributed by atoms with Crippen LogP contribution in [-0.4, -0.2) is 95.2 Å². The number of hydrogen-bond donors (Lipinski definition) is 9. The summed E-state index contributed by atoms with van der Waals surface area (Å²) >= 11 is 0. The van der Waals surface area contributed by atoms with Gasteiger partial charge in [-0.05, 0) is 24.3 Å². The Morgan fingerprint density at radius 1 is 0.794 bits per heavy atom. The van der Waals surface area contributed by atoms with Crippen molar-refractivity contribution in [2.24, 2.45) is 0 Å². The highest BCUT2D eigenvalue weighted by Gasteiger charge is 2.46. The van der Waals surface area contributed by atoms with Crippen LogP contribution in [0, 0.1) is 0 Å². The number of esters is 1. The number of carbonyl (C=O) groups is 2. The number of phenolic OH excluding ortho intramolecular Hbond substituents is 5. The number of aliphatic hydroxyl groups is 3. The number of benzene rings is 2. The van der Waals surface area contributed by atoms with Crippen LogP contribution in [0.5, 0.6) is 34.5 Å². The van der Waals surface area contributed by atoms with E-state index in [0.29, 0.717) is 0 Å². The molecule has 0 aliphatic carbocycles. The molecule has 2 aromatic rings. The van der Waals surface area contributed by atoms with E-state index >= 15 is 0 Å². The van der Waals surface area contributed by atoms with Crippen LogP contribution in [0.2, 0.25) is 0 Å². The first-order valence-electron chi connectivity index (χ1n) is 9.48. The molecule has 1 saturated heterocycles. The third-order valence-corrected chi connectivity index (χ3v) is 4.90. The molecule has 0 amide bonds. The Balaban J connectivity index is 1.75. The van der Waals surface area contributed by atoms with Crippen molar-refractivity contribution in [2.45, 2.75) is 30.7 Å². The molecule has 5 atom stereocenters. The van der Waals surface area contributed by atoms with Gasteiger partial charge in [0.15, 0.2) is 28.7 Å². The van der Waals surface area contributed by atoms with Crippen molar-refractivity contribution in [3.8, 4) is 34.5 Å². The second-order valence-corrected chi connectivity index (χ2v) is 7.24. The minimum Gasteiger partial charge on any atom is -0.504 e. The van der Waals surface area contributed by atoms with Gasteiger partial charge in [0.05, 0.1) is 11.1 Å². The number of aromatic hydroxyl groups is 5. The molecule has 14 nitrogen and oxygen atoms in total. The van der Waals surface area contributed by atoms with Gasteiger partial charge < -0.3 is 60.2 Å². The van der Waals surface area contributed by atoms with Crippen molar-refractivity contribution >= 4 is 11.9 Å². The molecule has 0 aromatic heterocycles. The van der Waals surface area contributed by atoms with Crippen LogP contribution in [0.3, 0.4) is 0 Å². The van der Waals surface area contributed by atoms with Gasteiger partial charge in [0.1, 0.15) is 31.0 Å². The number of ether oxygens (including phenoxy) is 3. The molecule has 1 fully saturated rings. The first-order chi connectivity index (χ1) is 15.9. The van der Waals surface area contributed by atoms with Crippen LogP contribution < -0.4 is 4.74 Å². The summed E-state index contributed by atoms with van der Waals surface area (Å²) in [5.74, 6) is -7.45. The monoisotopic (exact) mass is 484 g/mol. The summed E-state index contributed by atoms with van der Waals surface area (Å²) in [4.78, 5) is 23.3. The molecular weight excluding hydrogens is 464 g/mol. The van der Waals surface area contributed by atoms with Crippen LogP contribution in [0.25, 0.3) is 0 Å². The van der Waals surface area contributed by atoms with Crippen molar-refractivity contribution in [3.05, 3.63) is 35.4 Å². The highest BCUT2D eigenvalue weighted by molar-refractivity contribution is 5.91. The van der Waals surface area contributed by atoms with Crippen LogP contribution in [-0.2, 0) is 9.47 Å². The quantitative estimate of drug-likeness (QED) is 0.176. The fourth-order valence-corrected chi connectivity index (χ4v) is 3.05. The zero-order valence-corrected chi connectivity index (χ0v) is 17.0. The van der Waals surface area contributed by atoms with Crippen LogP contribution in [0.1, 0.15) is 20.7 Å². The normalized spacial score (nSPS) is 24.4. The van der Waals surface area contributed by atoms with E-state index in [4.69, 9.17) is 19.3 Å². The number of rotatable bonds is 6. The summed E-state index contributed by atoms with van der Waals surface area (Å²) in [6, 6.07) is 3.14. The Morgan fingerprint density at radius 3 is 1.94 bits per heavy atom. The first-order valence-corrected chi connectivity index (χ1v) is 9.48. The predicted molar refractivity (Wildman–Crippen MR) is 106 cm³/mol. The number of carboxylic acid groups (broad SMARTS) is 1. The van der Waals surface area contributed by atoms with Gasteiger partial charge in [-0.2, -0.15) is 0 Å². The van der Waals surface area contributed by atoms with E-state index in [-0.39, 0.29) is 5.56 Å². The van der Waals surface area contributed by atoms with Gasteiger partial charge in [-0.15, -0.1) is 0 Å². The molecule has 1 aliphatic rings. The van der Waals surface area contributed by atoms with Gasteiger partial charge in [0.2, 0.25) is 12.0 Å². The molecule has 184 valence electrons. The van der Waals surface area contributed by atoms with Crippen molar-refractivity contribution < 1.29 is 69.8 Å². The lowest BCUT2D eigenvalue weighted by Gasteiger charge is -2.39. The van der Waals surface area contributed by atoms with Gasteiger partial charge in [-0.1, -0.05) is 0 Å². The standard InChI is InChI=1S/C20H20O14/c21-8-2-7(3-9(22)13(8)24)19(31)32-5-12-15(26)16(27)17(28)20(34-12)33-11-4-6(18(29)30)1-10(23)14(11)25/h1-4,12,15-17,20-28H,5H2,(H,29,30). The summed E-state index contributed by atoms with van der Waals surface area (Å²) in [6.07, 6.45) is -8.94. The summed E-state index contributed by atoms with van der Waals surface area (Å²) in [5, 5.41) is 87.4. The van der Waals surface area contributed by atoms with E-state index in [1.165, 1.54) is 0 Å². The number of phenols is 5. The molecule has 2 aromatic carbocycles. The maximum Gasteiger partial charge on any atom is 0.338 e. The van der Waals surface area contributed by atoms with Crippen molar-refractivity contribution in [1.82, 2.24) is 0 Å². The Kier molecular flexibility index (Phi) is 6.88. The largest absolute Gasteiger partial charge is 0.504 e. The maximum atomic E-state index is 12.2. The summed E-state index contributed by atoms with van der Waals surface area (Å²) < 4.78 is 15.4. The average Bonchev–Trinajstić information content (AvgIpc) is 2.78. The summed E-state index contributed by atoms with van der Waals surface area (Å²) in [7, 11) is 0. The molecule has 0 radical (unpaired) electrons. The van der Waals surface area contributed by atoms with E-state index in [2.05, 4.69) is 0 Å². The fourth-order valence-electron chi connectivity index (χ4n) is 3.05. The lowest BCUT2D eigenvalue weighted by Crippen LogP contribution is -2.60. The smallest absolute Gasteiger partial charge is 0.338 e. The van der Waals surface area contributed by atoms with Gasteiger partial charge in [-0.25, -0.2) is 9.59 Å². The van der Waals surface area contributed by atoms with Crippen molar-refractivity contribution in [3.63, 3.8) is 0 Å². The molecule has 3 rings (SSSR count). The van der Waals surface area contributed by atoms with E-state index in [1.54, 1.807) is 0 Å². The highest BCUT2D eigenvalue weighted by atomic mass is 16.7. The molecule has 1 aliphatic heterocycles. The van der Waals surface area contributed by atoms with E-state index in [9.17, 15) is 50.4 Å². The minimum absolute atomic E-state index is 0.377. The van der Waals surface area contributed by atoms with Crippen molar-refractivity contribution in [2.75, 3.05) is 6.61 Å². The molecule has 34 heavy (non-hydrogen) atoms. The zero-order valence-electron chi connectivity index (χ0n) is 17.0. The topological polar surface area (TPSA) is 244 Å². The van der Waals surface area contributed by atoms with Crippen LogP contribution in [0.4, 0.5) is 0 Å². The summed E-state index contributed by atoms with van der Waals surface area (Å²) in [6.45, 7) is -0.738. The van der Waals surface area contributed by atoms with Gasteiger partial charge >= 0.3 is 11.9 Å². The van der Waals surface area contributed by atoms with E-state index < -0.39 is 89.3 Å². The van der Waals surface area contributed by atoms with Gasteiger partial charge in [0, 0.05) is 0 Å². The number of carbonyl (C=O) groups excluding carboxylic acids is 1. The Labute approximate surface area is 189 Å². The molecule has 9 N–H and O–H groups in total. The Bertz CT molecular complexity index is 1080. The zero-order chi connectivity index (χ0) is 25.3. The van der Waals surface area contributed by atoms with Crippen molar-refractivity contribution in [1.29, 1.82) is 0 Å². The third kappa shape index (κ3) is 4.84. The molecule has 0 spiro atoms. The lowest BCUT2D eigenvalue weighted by molar-refractivity contribution is -0.277. The molecule has 0 saturated carbocycles. The van der Waals surface area contributed by atoms with Gasteiger partial charge in [0.25, 0.3) is 0 Å². The second kappa shape index (κ2) is 9.48. The van der Waals surface area contributed by atoms with E-state index in [0.717, 1.165) is 24.3 Å². The minimum atomic E-state index is -1.91. The van der Waals surface area contributed by atoms with Crippen LogP contribution in [0.15, 0.2) is 24.3 Å². The number of carboxylic acids is 1. The van der Waals surface area contributed by atoms with Gasteiger partial charge in [-0.3, -0.25) is 0 Å². The fraction of sp³-hybridized carbons (Fsp3) is 0.300. The average molecular weight is 484 g/mol. The number of hydrogen-bond acceptors (Lipinski definition) is 13. The summed E-state index contributed by atoms with van der Waals surface area (Å²) in [5.41, 5.74) is -0.862. The highest BCUT2D eigenvalue weighted by Crippen LogP contribution is 2.39. The molecule has 5 unspecified atom stereocenters. The Morgan fingerprint density at radius 2 is 1.35 bits per heavy atom. The first kappa shape index (κ1) is 24.7. The second-order valence-electron chi connectivity index (χ2n) is 7.24. The Hall–Kier alpha value is -3.98. The SMILES string of the molecule is O=C(O)c1cc(O)c(O)c(OC2OC(COC(=O)c3cc(O)c(O)c(O)c3)C(O)C(O)C2O)c1. The number of aromatic carboxylic acids is 1. The maximum absolute atomic E-state index is 12.2. The lowest BCUT2D eigenvalue weighted by atomic mass is 9.99. The molecule has 14 heteroatoms. The molecular formula is C20H20O14. The molecule has 0 bridgehead atoms. The van der Waals surface area contributed by atoms with E-state index in [1.807, 2.05) is 0 Å². The van der Waals surface area contributed by atoms with Crippen LogP contribution >= 0.6 is 0 Å². The predicted octanol–water partition coefficient (Wildman–Crippen LogP) is -1.04.